The normalized spacial score (nSPS) is 18.8. The Morgan fingerprint density at radius 2 is 1.96 bits per heavy atom. The van der Waals surface area contributed by atoms with Crippen molar-refractivity contribution in [3.63, 3.8) is 0 Å². The van der Waals surface area contributed by atoms with Crippen LogP contribution in [0.1, 0.15) is 23.1 Å². The van der Waals surface area contributed by atoms with Crippen molar-refractivity contribution in [3.8, 4) is 0 Å². The molecule has 3 aromatic rings. The summed E-state index contributed by atoms with van der Waals surface area (Å²) in [5.41, 5.74) is 5.08. The van der Waals surface area contributed by atoms with Gasteiger partial charge in [0.25, 0.3) is 0 Å². The Labute approximate surface area is 141 Å². The molecule has 1 aliphatic rings. The molecule has 1 aliphatic heterocycles. The quantitative estimate of drug-likeness (QED) is 0.743. The molecule has 0 saturated carbocycles. The number of aryl methyl sites for hydroxylation is 1. The highest BCUT2D eigenvalue weighted by atomic mass is 16.5. The maximum Gasteiger partial charge on any atom is 0.0967 e. The van der Waals surface area contributed by atoms with E-state index in [1.165, 1.54) is 0 Å². The number of hydrogen-bond acceptors (Lipinski definition) is 5. The van der Waals surface area contributed by atoms with Crippen LogP contribution in [0.2, 0.25) is 0 Å². The van der Waals surface area contributed by atoms with Crippen LogP contribution in [0.25, 0.3) is 11.0 Å². The SMILES string of the molecule is Cc1nc2ccccc2nc1CN1CCO[C@@H](c2cccnc2)C1. The number of fused-ring (bicyclic) bond motifs is 1. The summed E-state index contributed by atoms with van der Waals surface area (Å²) in [5, 5.41) is 0. The predicted molar refractivity (Wildman–Crippen MR) is 92.5 cm³/mol. The van der Waals surface area contributed by atoms with Crippen LogP contribution in [-0.4, -0.2) is 39.5 Å². The highest BCUT2D eigenvalue weighted by Crippen LogP contribution is 2.23. The van der Waals surface area contributed by atoms with Crippen molar-refractivity contribution < 1.29 is 4.74 Å². The van der Waals surface area contributed by atoms with Gasteiger partial charge in [-0.05, 0) is 25.1 Å². The summed E-state index contributed by atoms with van der Waals surface area (Å²) in [6.07, 6.45) is 3.74. The molecule has 5 nitrogen and oxygen atoms in total. The maximum absolute atomic E-state index is 5.91. The third-order valence-electron chi connectivity index (χ3n) is 4.42. The first-order chi connectivity index (χ1) is 11.8. The highest BCUT2D eigenvalue weighted by molar-refractivity contribution is 5.74. The van der Waals surface area contributed by atoms with Gasteiger partial charge in [0, 0.05) is 37.6 Å². The van der Waals surface area contributed by atoms with Crippen LogP contribution in [0, 0.1) is 6.92 Å². The number of rotatable bonds is 3. The number of hydrogen-bond donors (Lipinski definition) is 0. The molecule has 0 spiro atoms. The van der Waals surface area contributed by atoms with Gasteiger partial charge in [-0.2, -0.15) is 0 Å². The Bertz CT molecular complexity index is 837. The van der Waals surface area contributed by atoms with E-state index in [4.69, 9.17) is 9.72 Å². The summed E-state index contributed by atoms with van der Waals surface area (Å²) in [4.78, 5) is 16.1. The Kier molecular flexibility index (Phi) is 4.19. The van der Waals surface area contributed by atoms with Gasteiger partial charge >= 0.3 is 0 Å². The molecular formula is C19H20N4O. The lowest BCUT2D eigenvalue weighted by molar-refractivity contribution is -0.0335. The lowest BCUT2D eigenvalue weighted by Gasteiger charge is -2.33. The van der Waals surface area contributed by atoms with Crippen LogP contribution in [0.15, 0.2) is 48.8 Å². The van der Waals surface area contributed by atoms with Gasteiger partial charge in [0.15, 0.2) is 0 Å². The average molecular weight is 320 g/mol. The van der Waals surface area contributed by atoms with E-state index in [0.29, 0.717) is 0 Å². The van der Waals surface area contributed by atoms with Gasteiger partial charge in [0.05, 0.1) is 35.1 Å². The molecule has 1 fully saturated rings. The molecule has 0 aliphatic carbocycles. The number of ether oxygens (including phenoxy) is 1. The Hall–Kier alpha value is -2.37. The van der Waals surface area contributed by atoms with Crippen molar-refractivity contribution >= 4 is 11.0 Å². The molecule has 24 heavy (non-hydrogen) atoms. The van der Waals surface area contributed by atoms with Crippen molar-refractivity contribution in [2.75, 3.05) is 19.7 Å². The van der Waals surface area contributed by atoms with Gasteiger partial charge in [-0.1, -0.05) is 18.2 Å². The van der Waals surface area contributed by atoms with Gasteiger partial charge in [0.2, 0.25) is 0 Å². The lowest BCUT2D eigenvalue weighted by atomic mass is 10.1. The topological polar surface area (TPSA) is 51.1 Å². The second-order valence-corrected chi connectivity index (χ2v) is 6.13. The van der Waals surface area contributed by atoms with E-state index in [0.717, 1.165) is 54.2 Å². The molecule has 3 heterocycles. The lowest BCUT2D eigenvalue weighted by Crippen LogP contribution is -2.38. The summed E-state index contributed by atoms with van der Waals surface area (Å²) >= 11 is 0. The van der Waals surface area contributed by atoms with E-state index in [-0.39, 0.29) is 6.10 Å². The van der Waals surface area contributed by atoms with Crippen molar-refractivity contribution in [2.24, 2.45) is 0 Å². The van der Waals surface area contributed by atoms with Crippen LogP contribution in [0.3, 0.4) is 0 Å². The van der Waals surface area contributed by atoms with Crippen LogP contribution in [0.4, 0.5) is 0 Å². The van der Waals surface area contributed by atoms with Crippen molar-refractivity contribution in [2.45, 2.75) is 19.6 Å². The smallest absolute Gasteiger partial charge is 0.0967 e. The average Bonchev–Trinajstić information content (AvgIpc) is 2.63. The number of para-hydroxylation sites is 2. The summed E-state index contributed by atoms with van der Waals surface area (Å²) in [6.45, 7) is 5.31. The summed E-state index contributed by atoms with van der Waals surface area (Å²) < 4.78 is 5.91. The molecule has 0 unspecified atom stereocenters. The summed E-state index contributed by atoms with van der Waals surface area (Å²) in [6, 6.07) is 12.0. The zero-order chi connectivity index (χ0) is 16.4. The first kappa shape index (κ1) is 15.2. The largest absolute Gasteiger partial charge is 0.371 e. The standard InChI is InChI=1S/C19H20N4O/c1-14-18(22-17-7-3-2-6-16(17)21-14)12-23-9-10-24-19(13-23)15-5-4-8-20-11-15/h2-8,11,19H,9-10,12-13H2,1H3/t19-/m1/s1. The monoisotopic (exact) mass is 320 g/mol. The number of pyridine rings is 1. The minimum absolute atomic E-state index is 0.0705. The molecular weight excluding hydrogens is 300 g/mol. The van der Waals surface area contributed by atoms with Gasteiger partial charge in [-0.25, -0.2) is 9.97 Å². The van der Waals surface area contributed by atoms with Crippen LogP contribution in [-0.2, 0) is 11.3 Å². The van der Waals surface area contributed by atoms with E-state index in [2.05, 4.69) is 20.9 Å². The molecule has 122 valence electrons. The number of morpholine rings is 1. The summed E-state index contributed by atoms with van der Waals surface area (Å²) in [7, 11) is 0. The van der Waals surface area contributed by atoms with Crippen LogP contribution < -0.4 is 0 Å². The molecule has 1 saturated heterocycles. The zero-order valence-corrected chi connectivity index (χ0v) is 13.7. The number of benzene rings is 1. The second kappa shape index (κ2) is 6.63. The molecule has 0 N–H and O–H groups in total. The minimum atomic E-state index is 0.0705. The number of aromatic nitrogens is 3. The molecule has 0 amide bonds. The van der Waals surface area contributed by atoms with E-state index in [9.17, 15) is 0 Å². The van der Waals surface area contributed by atoms with E-state index in [1.807, 2.05) is 43.5 Å². The second-order valence-electron chi connectivity index (χ2n) is 6.13. The van der Waals surface area contributed by atoms with Crippen LogP contribution >= 0.6 is 0 Å². The molecule has 1 atom stereocenters. The molecule has 0 bridgehead atoms. The summed E-state index contributed by atoms with van der Waals surface area (Å²) in [5.74, 6) is 0. The fourth-order valence-corrected chi connectivity index (χ4v) is 3.10. The highest BCUT2D eigenvalue weighted by Gasteiger charge is 2.23. The minimum Gasteiger partial charge on any atom is -0.371 e. The van der Waals surface area contributed by atoms with Crippen molar-refractivity contribution in [1.82, 2.24) is 19.9 Å². The third kappa shape index (κ3) is 3.13. The Morgan fingerprint density at radius 3 is 2.75 bits per heavy atom. The molecule has 5 heteroatoms. The van der Waals surface area contributed by atoms with Crippen molar-refractivity contribution in [1.29, 1.82) is 0 Å². The third-order valence-corrected chi connectivity index (χ3v) is 4.42. The maximum atomic E-state index is 5.91. The van der Waals surface area contributed by atoms with Gasteiger partial charge in [-0.3, -0.25) is 9.88 Å². The Morgan fingerprint density at radius 1 is 1.12 bits per heavy atom. The first-order valence-corrected chi connectivity index (χ1v) is 8.26. The van der Waals surface area contributed by atoms with Gasteiger partial charge in [0.1, 0.15) is 0 Å². The van der Waals surface area contributed by atoms with Crippen LogP contribution in [0.5, 0.6) is 0 Å². The molecule has 1 aromatic carbocycles. The zero-order valence-electron chi connectivity index (χ0n) is 13.7. The van der Waals surface area contributed by atoms with E-state index < -0.39 is 0 Å². The number of nitrogens with zero attached hydrogens (tertiary/aromatic N) is 4. The molecule has 2 aromatic heterocycles. The molecule has 4 rings (SSSR count). The molecule has 0 radical (unpaired) electrons. The first-order valence-electron chi connectivity index (χ1n) is 8.26. The van der Waals surface area contributed by atoms with Crippen molar-refractivity contribution in [3.05, 3.63) is 65.7 Å². The fourth-order valence-electron chi connectivity index (χ4n) is 3.10. The van der Waals surface area contributed by atoms with E-state index >= 15 is 0 Å². The fraction of sp³-hybridized carbons (Fsp3) is 0.316. The Balaban J connectivity index is 1.53. The predicted octanol–water partition coefficient (Wildman–Crippen LogP) is 2.91. The van der Waals surface area contributed by atoms with Gasteiger partial charge < -0.3 is 4.74 Å². The van der Waals surface area contributed by atoms with Gasteiger partial charge in [-0.15, -0.1) is 0 Å². The van der Waals surface area contributed by atoms with E-state index in [1.54, 1.807) is 6.20 Å².